The number of hydrogen-bond donors (Lipinski definition) is 0. The van der Waals surface area contributed by atoms with Crippen LogP contribution < -0.4 is 0 Å². The summed E-state index contributed by atoms with van der Waals surface area (Å²) in [5.41, 5.74) is 0. The summed E-state index contributed by atoms with van der Waals surface area (Å²) in [6.07, 6.45) is 1.07. The van der Waals surface area contributed by atoms with E-state index in [2.05, 4.69) is 23.7 Å². The Kier molecular flexibility index (Phi) is 4.08. The highest BCUT2D eigenvalue weighted by atomic mass is 15.1. The molecule has 0 aromatic heterocycles. The van der Waals surface area contributed by atoms with E-state index in [1.54, 1.807) is 0 Å². The third-order valence-corrected chi connectivity index (χ3v) is 1.37. The first-order valence-corrected chi connectivity index (χ1v) is 3.71. The van der Waals surface area contributed by atoms with Crippen molar-refractivity contribution in [1.29, 1.82) is 0 Å². The van der Waals surface area contributed by atoms with E-state index in [-0.39, 0.29) is 0 Å². The van der Waals surface area contributed by atoms with Crippen LogP contribution in [0.2, 0.25) is 0 Å². The Hall–Kier alpha value is -0.530. The summed E-state index contributed by atoms with van der Waals surface area (Å²) in [6.45, 7) is 4.41. The molecule has 0 unspecified atom stereocenters. The normalized spacial score (nSPS) is 12.4. The second-order valence-electron chi connectivity index (χ2n) is 3.13. The Labute approximate surface area is 63.9 Å². The van der Waals surface area contributed by atoms with Gasteiger partial charge in [0.15, 0.2) is 0 Å². The highest BCUT2D eigenvalue weighted by Gasteiger charge is 2.02. The van der Waals surface area contributed by atoms with Gasteiger partial charge in [-0.3, -0.25) is 4.99 Å². The molecule has 0 spiro atoms. The maximum atomic E-state index is 4.17. The second-order valence-corrected chi connectivity index (χ2v) is 3.13. The minimum Gasteiger partial charge on any atom is -0.367 e. The molecule has 0 aromatic carbocycles. The van der Waals surface area contributed by atoms with Gasteiger partial charge in [0, 0.05) is 27.6 Å². The zero-order chi connectivity index (χ0) is 8.15. The summed E-state index contributed by atoms with van der Waals surface area (Å²) in [7, 11) is 5.91. The van der Waals surface area contributed by atoms with Crippen LogP contribution in [-0.4, -0.2) is 31.9 Å². The molecule has 2 nitrogen and oxygen atoms in total. The second kappa shape index (κ2) is 4.31. The average molecular weight is 142 g/mol. The molecule has 0 N–H and O–H groups in total. The number of amidine groups is 1. The standard InChI is InChI=1S/C8H18N2/c1-7(2)6-8(9-3)10(4)5/h7H,6H2,1-5H3. The van der Waals surface area contributed by atoms with Crippen molar-refractivity contribution < 1.29 is 0 Å². The highest BCUT2D eigenvalue weighted by Crippen LogP contribution is 2.02. The van der Waals surface area contributed by atoms with Gasteiger partial charge >= 0.3 is 0 Å². The van der Waals surface area contributed by atoms with Crippen LogP contribution in [0.1, 0.15) is 20.3 Å². The van der Waals surface area contributed by atoms with Crippen molar-refractivity contribution in [3.63, 3.8) is 0 Å². The summed E-state index contributed by atoms with van der Waals surface area (Å²) in [4.78, 5) is 6.24. The average Bonchev–Trinajstić information content (AvgIpc) is 1.81. The lowest BCUT2D eigenvalue weighted by Crippen LogP contribution is -2.23. The van der Waals surface area contributed by atoms with Gasteiger partial charge in [0.05, 0.1) is 5.84 Å². The van der Waals surface area contributed by atoms with E-state index in [1.807, 2.05) is 21.1 Å². The van der Waals surface area contributed by atoms with Crippen molar-refractivity contribution in [3.05, 3.63) is 0 Å². The van der Waals surface area contributed by atoms with Crippen LogP contribution in [0, 0.1) is 5.92 Å². The van der Waals surface area contributed by atoms with Gasteiger partial charge in [0.2, 0.25) is 0 Å². The topological polar surface area (TPSA) is 15.6 Å². The molecule has 0 saturated carbocycles. The van der Waals surface area contributed by atoms with Crippen LogP contribution in [0.25, 0.3) is 0 Å². The van der Waals surface area contributed by atoms with Crippen LogP contribution in [0.4, 0.5) is 0 Å². The monoisotopic (exact) mass is 142 g/mol. The third kappa shape index (κ3) is 3.49. The van der Waals surface area contributed by atoms with Gasteiger partial charge in [-0.1, -0.05) is 13.8 Å². The minimum absolute atomic E-state index is 0.695. The highest BCUT2D eigenvalue weighted by molar-refractivity contribution is 5.81. The van der Waals surface area contributed by atoms with Crippen LogP contribution in [0.15, 0.2) is 4.99 Å². The molecule has 0 radical (unpaired) electrons. The first-order valence-electron chi connectivity index (χ1n) is 3.71. The summed E-state index contributed by atoms with van der Waals surface area (Å²) >= 11 is 0. The van der Waals surface area contributed by atoms with Crippen molar-refractivity contribution in [2.75, 3.05) is 21.1 Å². The third-order valence-electron chi connectivity index (χ3n) is 1.37. The van der Waals surface area contributed by atoms with Gasteiger partial charge in [0.1, 0.15) is 0 Å². The fraction of sp³-hybridized carbons (Fsp3) is 0.875. The van der Waals surface area contributed by atoms with Crippen LogP contribution >= 0.6 is 0 Å². The largest absolute Gasteiger partial charge is 0.367 e. The van der Waals surface area contributed by atoms with E-state index in [1.165, 1.54) is 5.84 Å². The van der Waals surface area contributed by atoms with Crippen molar-refractivity contribution in [2.45, 2.75) is 20.3 Å². The first kappa shape index (κ1) is 9.47. The van der Waals surface area contributed by atoms with Gasteiger partial charge in [-0.15, -0.1) is 0 Å². The molecule has 0 saturated heterocycles. The summed E-state index contributed by atoms with van der Waals surface area (Å²) in [5.74, 6) is 1.87. The zero-order valence-electron chi connectivity index (χ0n) is 7.68. The molecule has 60 valence electrons. The summed E-state index contributed by atoms with van der Waals surface area (Å²) in [5, 5.41) is 0. The Morgan fingerprint density at radius 1 is 1.40 bits per heavy atom. The van der Waals surface area contributed by atoms with Gasteiger partial charge in [-0.05, 0) is 5.92 Å². The Bertz CT molecular complexity index is 114. The maximum absolute atomic E-state index is 4.17. The lowest BCUT2D eigenvalue weighted by Gasteiger charge is -2.16. The van der Waals surface area contributed by atoms with Crippen molar-refractivity contribution in [1.82, 2.24) is 4.90 Å². The molecule has 2 heteroatoms. The predicted octanol–water partition coefficient (Wildman–Crippen LogP) is 1.62. The molecular formula is C8H18N2. The van der Waals surface area contributed by atoms with E-state index in [0.29, 0.717) is 5.92 Å². The van der Waals surface area contributed by atoms with E-state index in [0.717, 1.165) is 6.42 Å². The van der Waals surface area contributed by atoms with E-state index in [9.17, 15) is 0 Å². The van der Waals surface area contributed by atoms with Gasteiger partial charge in [0.25, 0.3) is 0 Å². The SMILES string of the molecule is CN=C(CC(C)C)N(C)C. The van der Waals surface area contributed by atoms with Gasteiger partial charge in [-0.2, -0.15) is 0 Å². The number of hydrogen-bond acceptors (Lipinski definition) is 1. The molecule has 0 aliphatic heterocycles. The molecule has 0 aliphatic rings. The van der Waals surface area contributed by atoms with Crippen LogP contribution in [0.5, 0.6) is 0 Å². The Balaban J connectivity index is 3.86. The lowest BCUT2D eigenvalue weighted by molar-refractivity contribution is 0.564. The molecule has 0 bridgehead atoms. The smallest absolute Gasteiger partial charge is 0.0982 e. The van der Waals surface area contributed by atoms with Crippen LogP contribution in [-0.2, 0) is 0 Å². The molecule has 0 atom stereocenters. The predicted molar refractivity (Wildman–Crippen MR) is 46.5 cm³/mol. The Morgan fingerprint density at radius 3 is 2.00 bits per heavy atom. The summed E-state index contributed by atoms with van der Waals surface area (Å²) in [6, 6.07) is 0. The molecule has 0 heterocycles. The van der Waals surface area contributed by atoms with E-state index < -0.39 is 0 Å². The fourth-order valence-corrected chi connectivity index (χ4v) is 0.839. The number of nitrogens with zero attached hydrogens (tertiary/aromatic N) is 2. The lowest BCUT2D eigenvalue weighted by atomic mass is 10.1. The van der Waals surface area contributed by atoms with E-state index in [4.69, 9.17) is 0 Å². The van der Waals surface area contributed by atoms with Gasteiger partial charge in [-0.25, -0.2) is 0 Å². The van der Waals surface area contributed by atoms with Crippen LogP contribution in [0.3, 0.4) is 0 Å². The Morgan fingerprint density at radius 2 is 1.90 bits per heavy atom. The van der Waals surface area contributed by atoms with Gasteiger partial charge < -0.3 is 4.90 Å². The molecule has 0 fully saturated rings. The molecule has 10 heavy (non-hydrogen) atoms. The van der Waals surface area contributed by atoms with Crippen molar-refractivity contribution >= 4 is 5.84 Å². The zero-order valence-corrected chi connectivity index (χ0v) is 7.68. The number of rotatable bonds is 2. The number of aliphatic imine (C=N–C) groups is 1. The van der Waals surface area contributed by atoms with Crippen molar-refractivity contribution in [3.8, 4) is 0 Å². The summed E-state index contributed by atoms with van der Waals surface area (Å²) < 4.78 is 0. The maximum Gasteiger partial charge on any atom is 0.0982 e. The first-order chi connectivity index (χ1) is 4.57. The molecule has 0 aromatic rings. The quantitative estimate of drug-likeness (QED) is 0.422. The van der Waals surface area contributed by atoms with Crippen molar-refractivity contribution in [2.24, 2.45) is 10.9 Å². The fourth-order valence-electron chi connectivity index (χ4n) is 0.839. The molecule has 0 amide bonds. The molecular weight excluding hydrogens is 124 g/mol. The minimum atomic E-state index is 0.695. The molecule has 0 aliphatic carbocycles. The van der Waals surface area contributed by atoms with E-state index >= 15 is 0 Å². The molecule has 0 rings (SSSR count).